The van der Waals surface area contributed by atoms with Gasteiger partial charge in [-0.05, 0) is 52.1 Å². The number of halogens is 4. The van der Waals surface area contributed by atoms with Gasteiger partial charge in [-0.25, -0.2) is 18.6 Å². The van der Waals surface area contributed by atoms with E-state index >= 15 is 0 Å². The van der Waals surface area contributed by atoms with E-state index in [-0.39, 0.29) is 21.4 Å². The van der Waals surface area contributed by atoms with Crippen LogP contribution in [0.3, 0.4) is 0 Å². The van der Waals surface area contributed by atoms with E-state index < -0.39 is 12.4 Å². The molecule has 16 heavy (non-hydrogen) atoms. The number of ether oxygens (including phenoxy) is 1. The molecular weight excluding hydrogens is 446 g/mol. The van der Waals surface area contributed by atoms with Crippen molar-refractivity contribution in [3.8, 4) is 0 Å². The number of rotatable bonds is 3. The summed E-state index contributed by atoms with van der Waals surface area (Å²) in [6.07, 6.45) is -1.37. The van der Waals surface area contributed by atoms with Crippen LogP contribution in [0.2, 0.25) is 0 Å². The molecule has 1 aromatic heterocycles. The molecule has 0 unspecified atom stereocenters. The highest BCUT2D eigenvalue weighted by Crippen LogP contribution is 2.30. The Morgan fingerprint density at radius 3 is 2.69 bits per heavy atom. The Balaban J connectivity index is 3.34. The van der Waals surface area contributed by atoms with Crippen molar-refractivity contribution in [1.29, 1.82) is 0 Å². The molecule has 0 saturated carbocycles. The molecule has 0 aliphatic rings. The summed E-state index contributed by atoms with van der Waals surface area (Å²) < 4.78 is 30.9. The van der Waals surface area contributed by atoms with Crippen molar-refractivity contribution in [3.63, 3.8) is 0 Å². The van der Waals surface area contributed by atoms with E-state index in [0.29, 0.717) is 3.57 Å². The monoisotopic (exact) mass is 453 g/mol. The maximum absolute atomic E-state index is 12.8. The first-order valence-electron chi connectivity index (χ1n) is 4.28. The van der Waals surface area contributed by atoms with Crippen LogP contribution in [0.1, 0.15) is 29.3 Å². The minimum absolute atomic E-state index is 0.0862. The van der Waals surface area contributed by atoms with E-state index in [1.807, 2.05) is 0 Å². The maximum atomic E-state index is 12.8. The number of hydrogen-bond acceptors (Lipinski definition) is 3. The van der Waals surface area contributed by atoms with Gasteiger partial charge in [-0.3, -0.25) is 0 Å². The Morgan fingerprint density at radius 2 is 2.19 bits per heavy atom. The van der Waals surface area contributed by atoms with E-state index in [2.05, 4.69) is 4.98 Å². The molecule has 0 saturated heterocycles. The average molecular weight is 453 g/mol. The third-order valence-corrected chi connectivity index (χ3v) is 3.40. The average Bonchev–Trinajstić information content (AvgIpc) is 2.20. The highest BCUT2D eigenvalue weighted by Gasteiger charge is 2.25. The molecule has 0 aliphatic carbocycles. The molecule has 1 aromatic rings. The van der Waals surface area contributed by atoms with Crippen molar-refractivity contribution in [2.24, 2.45) is 0 Å². The Morgan fingerprint density at radius 1 is 1.56 bits per heavy atom. The minimum Gasteiger partial charge on any atom is -0.462 e. The lowest BCUT2D eigenvalue weighted by Crippen LogP contribution is -2.13. The van der Waals surface area contributed by atoms with Gasteiger partial charge in [-0.15, -0.1) is 0 Å². The largest absolute Gasteiger partial charge is 0.462 e. The van der Waals surface area contributed by atoms with Gasteiger partial charge >= 0.3 is 5.97 Å². The van der Waals surface area contributed by atoms with Crippen molar-refractivity contribution in [1.82, 2.24) is 4.98 Å². The van der Waals surface area contributed by atoms with E-state index in [1.54, 1.807) is 52.1 Å². The molecule has 0 atom stereocenters. The van der Waals surface area contributed by atoms with Crippen LogP contribution >= 0.6 is 45.2 Å². The van der Waals surface area contributed by atoms with Gasteiger partial charge in [0.2, 0.25) is 0 Å². The summed E-state index contributed by atoms with van der Waals surface area (Å²) in [6, 6.07) is 0. The molecule has 0 spiro atoms. The first-order chi connectivity index (χ1) is 7.49. The molecule has 0 bridgehead atoms. The van der Waals surface area contributed by atoms with Crippen molar-refractivity contribution in [2.45, 2.75) is 13.3 Å². The highest BCUT2D eigenvalue weighted by molar-refractivity contribution is 14.1. The highest BCUT2D eigenvalue weighted by atomic mass is 127. The molecule has 0 aromatic carbocycles. The zero-order valence-electron chi connectivity index (χ0n) is 8.14. The van der Waals surface area contributed by atoms with Gasteiger partial charge < -0.3 is 4.74 Å². The Labute approximate surface area is 118 Å². The second-order valence-electron chi connectivity index (χ2n) is 2.71. The summed E-state index contributed by atoms with van der Waals surface area (Å²) in [5.74, 6) is -0.734. The van der Waals surface area contributed by atoms with E-state index in [4.69, 9.17) is 4.74 Å². The van der Waals surface area contributed by atoms with Crippen LogP contribution in [0, 0.1) is 7.27 Å². The van der Waals surface area contributed by atoms with Crippen LogP contribution in [0.25, 0.3) is 0 Å². The van der Waals surface area contributed by atoms with Crippen molar-refractivity contribution in [3.05, 3.63) is 24.6 Å². The molecule has 0 fully saturated rings. The van der Waals surface area contributed by atoms with Gasteiger partial charge in [0, 0.05) is 9.77 Å². The quantitative estimate of drug-likeness (QED) is 0.401. The number of carbonyl (C=O) groups excluding carboxylic acids is 1. The minimum atomic E-state index is -2.74. The number of carbonyl (C=O) groups is 1. The van der Waals surface area contributed by atoms with Crippen LogP contribution in [-0.2, 0) is 4.74 Å². The lowest BCUT2D eigenvalue weighted by molar-refractivity contribution is 0.0513. The molecule has 88 valence electrons. The van der Waals surface area contributed by atoms with Crippen LogP contribution in [0.5, 0.6) is 0 Å². The van der Waals surface area contributed by atoms with Crippen molar-refractivity contribution >= 4 is 51.2 Å². The van der Waals surface area contributed by atoms with Gasteiger partial charge in [-0.2, -0.15) is 0 Å². The zero-order valence-corrected chi connectivity index (χ0v) is 12.5. The second-order valence-corrected chi connectivity index (χ2v) is 4.89. The number of alkyl halides is 2. The SMILES string of the molecule is CCOC(=O)c1c(I)cnc(I)c1C(F)F. The predicted octanol–water partition coefficient (Wildman–Crippen LogP) is 3.41. The van der Waals surface area contributed by atoms with Gasteiger partial charge in [0.05, 0.1) is 17.7 Å². The Kier molecular flexibility index (Phi) is 5.28. The van der Waals surface area contributed by atoms with Crippen LogP contribution in [0.4, 0.5) is 8.78 Å². The van der Waals surface area contributed by atoms with Crippen LogP contribution in [0.15, 0.2) is 6.20 Å². The number of esters is 1. The number of hydrogen-bond donors (Lipinski definition) is 0. The van der Waals surface area contributed by atoms with Gasteiger partial charge in [0.25, 0.3) is 6.43 Å². The van der Waals surface area contributed by atoms with E-state index in [9.17, 15) is 13.6 Å². The predicted molar refractivity (Wildman–Crippen MR) is 70.6 cm³/mol. The molecule has 0 radical (unpaired) electrons. The third kappa shape index (κ3) is 2.99. The summed E-state index contributed by atoms with van der Waals surface area (Å²) in [5.41, 5.74) is -0.442. The lowest BCUT2D eigenvalue weighted by atomic mass is 10.1. The molecule has 3 nitrogen and oxygen atoms in total. The molecule has 0 aliphatic heterocycles. The van der Waals surface area contributed by atoms with Gasteiger partial charge in [-0.1, -0.05) is 0 Å². The molecule has 0 N–H and O–H groups in total. The smallest absolute Gasteiger partial charge is 0.339 e. The Bertz CT molecular complexity index is 413. The maximum Gasteiger partial charge on any atom is 0.339 e. The number of nitrogens with zero attached hydrogens (tertiary/aromatic N) is 1. The number of aromatic nitrogens is 1. The first-order valence-corrected chi connectivity index (χ1v) is 6.44. The lowest BCUT2D eigenvalue weighted by Gasteiger charge is -2.11. The molecule has 7 heteroatoms. The molecular formula is C9H7F2I2NO2. The fraction of sp³-hybridized carbons (Fsp3) is 0.333. The standard InChI is InChI=1S/C9H7F2I2NO2/c1-2-16-9(15)5-4(12)3-14-8(13)6(5)7(10)11/h3,7H,2H2,1H3. The van der Waals surface area contributed by atoms with Crippen LogP contribution in [-0.4, -0.2) is 17.6 Å². The summed E-state index contributed by atoms with van der Waals surface area (Å²) in [6.45, 7) is 1.77. The van der Waals surface area contributed by atoms with Gasteiger partial charge in [0.15, 0.2) is 0 Å². The summed E-state index contributed by atoms with van der Waals surface area (Å²) in [4.78, 5) is 15.3. The fourth-order valence-electron chi connectivity index (χ4n) is 1.09. The molecule has 0 amide bonds. The fourth-order valence-corrected chi connectivity index (χ4v) is 2.38. The number of pyridine rings is 1. The summed E-state index contributed by atoms with van der Waals surface area (Å²) >= 11 is 3.47. The van der Waals surface area contributed by atoms with Gasteiger partial charge in [0.1, 0.15) is 3.70 Å². The zero-order chi connectivity index (χ0) is 12.3. The second kappa shape index (κ2) is 6.03. The van der Waals surface area contributed by atoms with Crippen molar-refractivity contribution in [2.75, 3.05) is 6.61 Å². The van der Waals surface area contributed by atoms with E-state index in [1.165, 1.54) is 6.20 Å². The van der Waals surface area contributed by atoms with Crippen LogP contribution < -0.4 is 0 Å². The topological polar surface area (TPSA) is 39.2 Å². The van der Waals surface area contributed by atoms with E-state index in [0.717, 1.165) is 0 Å². The Hall–Kier alpha value is -0.0600. The summed E-state index contributed by atoms with van der Waals surface area (Å²) in [7, 11) is 0. The summed E-state index contributed by atoms with van der Waals surface area (Å²) in [5, 5.41) is 0. The van der Waals surface area contributed by atoms with Crippen molar-refractivity contribution < 1.29 is 18.3 Å². The third-order valence-electron chi connectivity index (χ3n) is 1.72. The molecule has 1 heterocycles. The molecule has 1 rings (SSSR count). The normalized spacial score (nSPS) is 10.6. The first kappa shape index (κ1) is 14.0.